The summed E-state index contributed by atoms with van der Waals surface area (Å²) < 4.78 is 23.4. The first-order valence-corrected chi connectivity index (χ1v) is 7.52. The van der Waals surface area contributed by atoms with Gasteiger partial charge in [-0.2, -0.15) is 0 Å². The second-order valence-corrected chi connectivity index (χ2v) is 5.02. The Bertz CT molecular complexity index is 368. The number of phosphoric acid groups is 1. The second-order valence-electron chi connectivity index (χ2n) is 3.61. The van der Waals surface area contributed by atoms with Crippen molar-refractivity contribution in [2.75, 3.05) is 13.2 Å². The molecule has 1 heterocycles. The molecule has 0 aliphatic carbocycles. The maximum atomic E-state index is 10.6. The molecule has 0 saturated heterocycles. The molecule has 106 valence electrons. The third-order valence-corrected chi connectivity index (χ3v) is 3.00. The van der Waals surface area contributed by atoms with Crippen LogP contribution in [0.4, 0.5) is 0 Å². The van der Waals surface area contributed by atoms with Crippen LogP contribution in [0.5, 0.6) is 0 Å². The van der Waals surface area contributed by atoms with Gasteiger partial charge in [0.1, 0.15) is 12.4 Å². The van der Waals surface area contributed by atoms with Gasteiger partial charge in [0.15, 0.2) is 0 Å². The van der Waals surface area contributed by atoms with Gasteiger partial charge in [0.2, 0.25) is 6.33 Å². The minimum absolute atomic E-state index is 0.129. The van der Waals surface area contributed by atoms with E-state index >= 15 is 0 Å². The van der Waals surface area contributed by atoms with E-state index in [4.69, 9.17) is 0 Å². The standard InChI is InChI=1S/C6H11N2.C5H13O4P/c1-3-8-5-4-7(2)6-8;1-3-5-9-10(6,7)8-4-2/h4-6H,3H2,1-2H3;3-5H2,1-2H3,(H,6,7)/q+1;/p-1. The second kappa shape index (κ2) is 9.28. The number of hydrogen-bond donors (Lipinski definition) is 0. The van der Waals surface area contributed by atoms with Crippen molar-refractivity contribution in [2.24, 2.45) is 7.05 Å². The van der Waals surface area contributed by atoms with E-state index in [1.807, 2.05) is 24.7 Å². The van der Waals surface area contributed by atoms with Crippen molar-refractivity contribution in [3.05, 3.63) is 18.7 Å². The van der Waals surface area contributed by atoms with Gasteiger partial charge in [-0.15, -0.1) is 0 Å². The molecule has 1 aromatic heterocycles. The number of phosphoric ester groups is 1. The third-order valence-electron chi connectivity index (χ3n) is 1.93. The van der Waals surface area contributed by atoms with Crippen LogP contribution in [0.25, 0.3) is 0 Å². The van der Waals surface area contributed by atoms with E-state index in [-0.39, 0.29) is 13.2 Å². The summed E-state index contributed by atoms with van der Waals surface area (Å²) in [6.45, 7) is 6.93. The lowest BCUT2D eigenvalue weighted by atomic mass is 10.5. The molecule has 7 heteroatoms. The molecule has 0 bridgehead atoms. The first-order chi connectivity index (χ1) is 8.45. The monoisotopic (exact) mass is 278 g/mol. The fourth-order valence-electron chi connectivity index (χ4n) is 1.09. The summed E-state index contributed by atoms with van der Waals surface area (Å²) in [6.07, 6.45) is 6.81. The molecule has 1 unspecified atom stereocenters. The van der Waals surface area contributed by atoms with Crippen LogP contribution in [-0.2, 0) is 27.2 Å². The lowest BCUT2D eigenvalue weighted by Gasteiger charge is -2.21. The average molecular weight is 278 g/mol. The van der Waals surface area contributed by atoms with Crippen LogP contribution in [0.3, 0.4) is 0 Å². The summed E-state index contributed by atoms with van der Waals surface area (Å²) >= 11 is 0. The molecular weight excluding hydrogens is 255 g/mol. The van der Waals surface area contributed by atoms with Gasteiger partial charge >= 0.3 is 0 Å². The number of aromatic nitrogens is 2. The van der Waals surface area contributed by atoms with Crippen molar-refractivity contribution in [3.63, 3.8) is 0 Å². The Morgan fingerprint density at radius 2 is 2.00 bits per heavy atom. The highest BCUT2D eigenvalue weighted by atomic mass is 31.2. The summed E-state index contributed by atoms with van der Waals surface area (Å²) in [5, 5.41) is 0. The Hall–Kier alpha value is -0.680. The first-order valence-electron chi connectivity index (χ1n) is 6.06. The predicted molar refractivity (Wildman–Crippen MR) is 66.8 cm³/mol. The molecule has 1 aromatic rings. The molecule has 1 atom stereocenters. The molecule has 0 amide bonds. The molecular formula is C11H23N2O4P. The van der Waals surface area contributed by atoms with Gasteiger partial charge in [0, 0.05) is 0 Å². The molecule has 0 saturated carbocycles. The highest BCUT2D eigenvalue weighted by Crippen LogP contribution is 2.37. The molecule has 0 aliphatic heterocycles. The van der Waals surface area contributed by atoms with Crippen LogP contribution >= 0.6 is 7.82 Å². The molecule has 0 aliphatic rings. The van der Waals surface area contributed by atoms with Crippen molar-refractivity contribution in [3.8, 4) is 0 Å². The van der Waals surface area contributed by atoms with Crippen LogP contribution in [0.15, 0.2) is 18.7 Å². The molecule has 0 radical (unpaired) electrons. The third kappa shape index (κ3) is 8.42. The molecule has 0 fully saturated rings. The van der Waals surface area contributed by atoms with E-state index < -0.39 is 7.82 Å². The molecule has 6 nitrogen and oxygen atoms in total. The lowest BCUT2D eigenvalue weighted by molar-refractivity contribution is -0.671. The number of aryl methyl sites for hydroxylation is 2. The van der Waals surface area contributed by atoms with Gasteiger partial charge in [-0.1, -0.05) is 6.92 Å². The highest BCUT2D eigenvalue weighted by Gasteiger charge is 2.05. The SMILES string of the molecule is CCCOP(=O)([O-])OCC.CCn1cc[n+](C)c1. The summed E-state index contributed by atoms with van der Waals surface area (Å²) in [4.78, 5) is 10.6. The van der Waals surface area contributed by atoms with Gasteiger partial charge in [-0.05, 0) is 20.3 Å². The van der Waals surface area contributed by atoms with Crippen molar-refractivity contribution in [1.29, 1.82) is 0 Å². The predicted octanol–water partition coefficient (Wildman–Crippen LogP) is 1.25. The van der Waals surface area contributed by atoms with Crippen LogP contribution in [0.2, 0.25) is 0 Å². The zero-order valence-corrected chi connectivity index (χ0v) is 12.4. The summed E-state index contributed by atoms with van der Waals surface area (Å²) in [7, 11) is -1.94. The zero-order chi connectivity index (χ0) is 14.0. The topological polar surface area (TPSA) is 67.4 Å². The maximum absolute atomic E-state index is 10.6. The Kier molecular flexibility index (Phi) is 8.93. The Morgan fingerprint density at radius 3 is 2.33 bits per heavy atom. The average Bonchev–Trinajstić information content (AvgIpc) is 2.73. The van der Waals surface area contributed by atoms with E-state index in [2.05, 4.69) is 33.1 Å². The fraction of sp³-hybridized carbons (Fsp3) is 0.727. The van der Waals surface area contributed by atoms with Crippen LogP contribution in [-0.4, -0.2) is 17.8 Å². The zero-order valence-electron chi connectivity index (χ0n) is 11.5. The lowest BCUT2D eigenvalue weighted by Crippen LogP contribution is -2.23. The minimum Gasteiger partial charge on any atom is -0.756 e. The molecule has 0 N–H and O–H groups in total. The van der Waals surface area contributed by atoms with E-state index in [1.54, 1.807) is 6.92 Å². The number of nitrogens with zero attached hydrogens (tertiary/aromatic N) is 2. The van der Waals surface area contributed by atoms with Crippen molar-refractivity contribution in [1.82, 2.24) is 4.57 Å². The van der Waals surface area contributed by atoms with Gasteiger partial charge in [-0.25, -0.2) is 9.13 Å². The van der Waals surface area contributed by atoms with Crippen molar-refractivity contribution >= 4 is 7.82 Å². The smallest absolute Gasteiger partial charge is 0.267 e. The fourth-order valence-corrected chi connectivity index (χ4v) is 1.88. The molecule has 1 rings (SSSR count). The van der Waals surface area contributed by atoms with Gasteiger partial charge in [0.25, 0.3) is 7.82 Å². The molecule has 0 aromatic carbocycles. The molecule has 18 heavy (non-hydrogen) atoms. The largest absolute Gasteiger partial charge is 0.756 e. The van der Waals surface area contributed by atoms with Crippen LogP contribution in [0.1, 0.15) is 27.2 Å². The van der Waals surface area contributed by atoms with E-state index in [9.17, 15) is 9.46 Å². The number of hydrogen-bond acceptors (Lipinski definition) is 4. The Morgan fingerprint density at radius 1 is 1.33 bits per heavy atom. The van der Waals surface area contributed by atoms with E-state index in [0.29, 0.717) is 6.42 Å². The normalized spacial score (nSPS) is 13.6. The maximum Gasteiger partial charge on any atom is 0.267 e. The van der Waals surface area contributed by atoms with E-state index in [1.165, 1.54) is 0 Å². The quantitative estimate of drug-likeness (QED) is 0.580. The van der Waals surface area contributed by atoms with Gasteiger partial charge in [0.05, 0.1) is 26.8 Å². The van der Waals surface area contributed by atoms with Gasteiger partial charge in [-0.3, -0.25) is 4.57 Å². The van der Waals surface area contributed by atoms with E-state index in [0.717, 1.165) is 6.54 Å². The van der Waals surface area contributed by atoms with Crippen LogP contribution in [0, 0.1) is 0 Å². The summed E-state index contributed by atoms with van der Waals surface area (Å²) in [5.41, 5.74) is 0. The molecule has 0 spiro atoms. The first kappa shape index (κ1) is 17.3. The Balaban J connectivity index is 0.000000327. The number of imidazole rings is 1. The summed E-state index contributed by atoms with van der Waals surface area (Å²) in [6, 6.07) is 0. The van der Waals surface area contributed by atoms with Crippen LogP contribution < -0.4 is 9.46 Å². The summed E-state index contributed by atoms with van der Waals surface area (Å²) in [5.74, 6) is 0. The minimum atomic E-state index is -3.96. The van der Waals surface area contributed by atoms with Crippen molar-refractivity contribution in [2.45, 2.75) is 33.7 Å². The van der Waals surface area contributed by atoms with Gasteiger partial charge < -0.3 is 13.9 Å². The number of rotatable bonds is 6. The Labute approximate surface area is 109 Å². The highest BCUT2D eigenvalue weighted by molar-refractivity contribution is 7.45. The van der Waals surface area contributed by atoms with Crippen molar-refractivity contribution < 1.29 is 23.1 Å².